The zero-order valence-corrected chi connectivity index (χ0v) is 16.4. The Morgan fingerprint density at radius 2 is 1.82 bits per heavy atom. The van der Waals surface area contributed by atoms with E-state index in [2.05, 4.69) is 4.52 Å². The van der Waals surface area contributed by atoms with Gasteiger partial charge in [-0.1, -0.05) is 18.2 Å². The van der Waals surface area contributed by atoms with Crippen LogP contribution in [0.25, 0.3) is 22.0 Å². The molecule has 0 radical (unpaired) electrons. The van der Waals surface area contributed by atoms with Gasteiger partial charge < -0.3 is 14.2 Å². The monoisotopic (exact) mass is 407 g/mol. The summed E-state index contributed by atoms with van der Waals surface area (Å²) in [6.45, 7) is 1.30. The summed E-state index contributed by atoms with van der Waals surface area (Å²) in [6, 6.07) is 9.45. The lowest BCUT2D eigenvalue weighted by Crippen LogP contribution is -2.15. The van der Waals surface area contributed by atoms with Crippen molar-refractivity contribution in [2.45, 2.75) is 13.7 Å². The molecule has 0 aliphatic rings. The molecule has 0 aliphatic heterocycles. The zero-order chi connectivity index (χ0) is 20.5. The number of phosphoric acid groups is 1. The van der Waals surface area contributed by atoms with Gasteiger partial charge in [0, 0.05) is 18.9 Å². The SMILES string of the molecule is COc1ccc(-c2cn(COP(=O)(O)OC)c3c(C)ccc(F)c3c2=O)cc1. The van der Waals surface area contributed by atoms with Gasteiger partial charge in [-0.05, 0) is 36.2 Å². The van der Waals surface area contributed by atoms with Crippen LogP contribution in [0.2, 0.25) is 0 Å². The molecule has 0 bridgehead atoms. The molecule has 3 aromatic rings. The standard InChI is InChI=1S/C19H19FNO6P/c1-12-4-9-16(20)17-18(12)21(11-27-28(23,24)26-3)10-15(19(17)22)13-5-7-14(25-2)8-6-13/h4-10H,11H2,1-3H3,(H,23,24). The average Bonchev–Trinajstić information content (AvgIpc) is 2.70. The third-order valence-electron chi connectivity index (χ3n) is 4.36. The van der Waals surface area contributed by atoms with Gasteiger partial charge >= 0.3 is 7.82 Å². The molecule has 0 spiro atoms. The Morgan fingerprint density at radius 3 is 2.43 bits per heavy atom. The normalized spacial score (nSPS) is 13.5. The van der Waals surface area contributed by atoms with E-state index in [1.165, 1.54) is 30.0 Å². The van der Waals surface area contributed by atoms with Gasteiger partial charge in [0.1, 0.15) is 18.3 Å². The summed E-state index contributed by atoms with van der Waals surface area (Å²) in [5, 5.41) is -0.123. The Morgan fingerprint density at radius 1 is 1.14 bits per heavy atom. The van der Waals surface area contributed by atoms with Gasteiger partial charge in [-0.15, -0.1) is 0 Å². The zero-order valence-electron chi connectivity index (χ0n) is 15.5. The van der Waals surface area contributed by atoms with E-state index in [1.807, 2.05) is 0 Å². The van der Waals surface area contributed by atoms with E-state index in [1.54, 1.807) is 31.2 Å². The maximum Gasteiger partial charge on any atom is 0.473 e. The molecule has 28 heavy (non-hydrogen) atoms. The smallest absolute Gasteiger partial charge is 0.473 e. The van der Waals surface area contributed by atoms with E-state index in [4.69, 9.17) is 9.26 Å². The number of pyridine rings is 1. The van der Waals surface area contributed by atoms with Gasteiger partial charge in [0.05, 0.1) is 18.0 Å². The van der Waals surface area contributed by atoms with Crippen molar-refractivity contribution in [2.75, 3.05) is 14.2 Å². The summed E-state index contributed by atoms with van der Waals surface area (Å²) < 4.78 is 42.1. The number of halogens is 1. The predicted molar refractivity (Wildman–Crippen MR) is 103 cm³/mol. The first kappa shape index (κ1) is 20.2. The molecule has 0 fully saturated rings. The van der Waals surface area contributed by atoms with Crippen molar-refractivity contribution < 1.29 is 27.6 Å². The van der Waals surface area contributed by atoms with E-state index in [-0.39, 0.29) is 16.5 Å². The summed E-state index contributed by atoms with van der Waals surface area (Å²) in [7, 11) is -1.70. The predicted octanol–water partition coefficient (Wildman–Crippen LogP) is 3.85. The number of aromatic nitrogens is 1. The van der Waals surface area contributed by atoms with Crippen molar-refractivity contribution in [1.82, 2.24) is 4.57 Å². The number of aryl methyl sites for hydroxylation is 1. The van der Waals surface area contributed by atoms with Gasteiger partial charge in [-0.2, -0.15) is 0 Å². The molecular formula is C19H19FNO6P. The number of nitrogens with zero attached hydrogens (tertiary/aromatic N) is 1. The Kier molecular flexibility index (Phi) is 5.67. The van der Waals surface area contributed by atoms with Crippen molar-refractivity contribution in [1.29, 1.82) is 0 Å². The van der Waals surface area contributed by atoms with E-state index in [0.717, 1.165) is 7.11 Å². The number of phosphoric ester groups is 1. The molecule has 0 amide bonds. The fraction of sp³-hybridized carbons (Fsp3) is 0.211. The fourth-order valence-corrected chi connectivity index (χ4v) is 3.31. The highest BCUT2D eigenvalue weighted by atomic mass is 31.2. The number of methoxy groups -OCH3 is 1. The number of hydrogen-bond acceptors (Lipinski definition) is 5. The lowest BCUT2D eigenvalue weighted by molar-refractivity contribution is 0.138. The van der Waals surface area contributed by atoms with Gasteiger partial charge in [0.25, 0.3) is 0 Å². The molecular weight excluding hydrogens is 388 g/mol. The van der Waals surface area contributed by atoms with Gasteiger partial charge in [-0.25, -0.2) is 8.96 Å². The van der Waals surface area contributed by atoms with E-state index >= 15 is 0 Å². The fourth-order valence-electron chi connectivity index (χ4n) is 2.94. The second-order valence-electron chi connectivity index (χ2n) is 6.07. The third kappa shape index (κ3) is 3.86. The van der Waals surface area contributed by atoms with Crippen LogP contribution in [0.5, 0.6) is 5.75 Å². The molecule has 2 aromatic carbocycles. The topological polar surface area (TPSA) is 87.0 Å². The van der Waals surface area contributed by atoms with Crippen LogP contribution < -0.4 is 10.2 Å². The van der Waals surface area contributed by atoms with Crippen molar-refractivity contribution in [3.05, 3.63) is 64.2 Å². The Balaban J connectivity index is 2.25. The van der Waals surface area contributed by atoms with Crippen LogP contribution in [0.3, 0.4) is 0 Å². The quantitative estimate of drug-likeness (QED) is 0.625. The lowest BCUT2D eigenvalue weighted by atomic mass is 10.0. The summed E-state index contributed by atoms with van der Waals surface area (Å²) in [5.74, 6) is -0.0785. The lowest BCUT2D eigenvalue weighted by Gasteiger charge is -2.17. The number of hydrogen-bond donors (Lipinski definition) is 1. The van der Waals surface area contributed by atoms with Crippen LogP contribution in [-0.2, 0) is 20.3 Å². The Bertz CT molecular complexity index is 1130. The Hall–Kier alpha value is -2.51. The molecule has 9 heteroatoms. The van der Waals surface area contributed by atoms with Crippen LogP contribution in [0.1, 0.15) is 5.56 Å². The van der Waals surface area contributed by atoms with Crippen LogP contribution in [-0.4, -0.2) is 23.7 Å². The molecule has 1 unspecified atom stereocenters. The molecule has 1 heterocycles. The molecule has 1 N–H and O–H groups in total. The van der Waals surface area contributed by atoms with E-state index < -0.39 is 25.8 Å². The van der Waals surface area contributed by atoms with Gasteiger partial charge in [-0.3, -0.25) is 13.8 Å². The molecule has 1 aromatic heterocycles. The maximum absolute atomic E-state index is 14.6. The van der Waals surface area contributed by atoms with E-state index in [9.17, 15) is 18.6 Å². The second-order valence-corrected chi connectivity index (χ2v) is 7.63. The first-order valence-corrected chi connectivity index (χ1v) is 9.76. The number of fused-ring (bicyclic) bond motifs is 1. The first-order chi connectivity index (χ1) is 13.3. The van der Waals surface area contributed by atoms with Crippen LogP contribution in [0.15, 0.2) is 47.4 Å². The molecule has 0 saturated heterocycles. The highest BCUT2D eigenvalue weighted by Gasteiger charge is 2.21. The van der Waals surface area contributed by atoms with E-state index in [0.29, 0.717) is 16.9 Å². The van der Waals surface area contributed by atoms with Crippen LogP contribution in [0, 0.1) is 12.7 Å². The average molecular weight is 407 g/mol. The number of benzene rings is 2. The van der Waals surface area contributed by atoms with Crippen molar-refractivity contribution in [3.8, 4) is 16.9 Å². The minimum absolute atomic E-state index is 0.123. The number of rotatable bonds is 6. The highest BCUT2D eigenvalue weighted by Crippen LogP contribution is 2.42. The largest absolute Gasteiger partial charge is 0.497 e. The minimum Gasteiger partial charge on any atom is -0.497 e. The number of ether oxygens (including phenoxy) is 1. The third-order valence-corrected chi connectivity index (χ3v) is 5.27. The molecule has 1 atom stereocenters. The van der Waals surface area contributed by atoms with Gasteiger partial charge in [0.2, 0.25) is 0 Å². The van der Waals surface area contributed by atoms with Gasteiger partial charge in [0.15, 0.2) is 5.43 Å². The first-order valence-electron chi connectivity index (χ1n) is 8.27. The second kappa shape index (κ2) is 7.85. The van der Waals surface area contributed by atoms with Crippen LogP contribution in [0.4, 0.5) is 4.39 Å². The van der Waals surface area contributed by atoms with Crippen molar-refractivity contribution >= 4 is 18.7 Å². The summed E-state index contributed by atoms with van der Waals surface area (Å²) in [4.78, 5) is 22.5. The highest BCUT2D eigenvalue weighted by molar-refractivity contribution is 7.47. The molecule has 0 saturated carbocycles. The molecule has 7 nitrogen and oxygen atoms in total. The van der Waals surface area contributed by atoms with Crippen molar-refractivity contribution in [2.24, 2.45) is 0 Å². The molecule has 0 aliphatic carbocycles. The summed E-state index contributed by atoms with van der Waals surface area (Å²) in [6.07, 6.45) is 1.47. The Labute approximate surface area is 160 Å². The van der Waals surface area contributed by atoms with Crippen LogP contribution >= 0.6 is 7.82 Å². The maximum atomic E-state index is 14.6. The molecule has 148 valence electrons. The summed E-state index contributed by atoms with van der Waals surface area (Å²) >= 11 is 0. The molecule has 3 rings (SSSR count). The van der Waals surface area contributed by atoms with Crippen molar-refractivity contribution in [3.63, 3.8) is 0 Å². The summed E-state index contributed by atoms with van der Waals surface area (Å²) in [5.41, 5.74) is 1.16. The minimum atomic E-state index is -4.26.